The maximum Gasteiger partial charge on any atom is 0.161 e. The Morgan fingerprint density at radius 2 is 1.95 bits per heavy atom. The third kappa shape index (κ3) is 2.44. The molecule has 3 atom stereocenters. The van der Waals surface area contributed by atoms with Crippen LogP contribution < -0.4 is 14.8 Å². The fraction of sp³-hybridized carbons (Fsp3) is 0.625. The van der Waals surface area contributed by atoms with Crippen LogP contribution in [0.15, 0.2) is 18.2 Å². The molecular formula is C16H23NO2. The van der Waals surface area contributed by atoms with Crippen LogP contribution in [0.3, 0.4) is 0 Å². The van der Waals surface area contributed by atoms with Gasteiger partial charge in [0.1, 0.15) is 13.2 Å². The Morgan fingerprint density at radius 1 is 1.16 bits per heavy atom. The molecule has 0 bridgehead atoms. The van der Waals surface area contributed by atoms with Gasteiger partial charge in [0.05, 0.1) is 0 Å². The molecule has 1 fully saturated rings. The highest BCUT2D eigenvalue weighted by Crippen LogP contribution is 2.42. The third-order valence-electron chi connectivity index (χ3n) is 4.59. The first kappa shape index (κ1) is 12.8. The van der Waals surface area contributed by atoms with E-state index in [1.807, 2.05) is 6.07 Å². The smallest absolute Gasteiger partial charge is 0.161 e. The topological polar surface area (TPSA) is 30.5 Å². The number of hydrogen-bond acceptors (Lipinski definition) is 3. The lowest BCUT2D eigenvalue weighted by Crippen LogP contribution is -2.27. The molecule has 19 heavy (non-hydrogen) atoms. The van der Waals surface area contributed by atoms with Crippen molar-refractivity contribution < 1.29 is 9.47 Å². The molecule has 3 unspecified atom stereocenters. The molecule has 1 aromatic rings. The van der Waals surface area contributed by atoms with E-state index in [0.29, 0.717) is 19.3 Å². The Kier molecular flexibility index (Phi) is 3.65. The van der Waals surface area contributed by atoms with Crippen LogP contribution in [0.4, 0.5) is 0 Å². The molecule has 1 aliphatic heterocycles. The molecule has 1 aliphatic carbocycles. The number of hydrogen-bond donors (Lipinski definition) is 1. The number of benzene rings is 1. The fourth-order valence-corrected chi connectivity index (χ4v) is 3.55. The highest BCUT2D eigenvalue weighted by molar-refractivity contribution is 5.44. The summed E-state index contributed by atoms with van der Waals surface area (Å²) < 4.78 is 11.3. The lowest BCUT2D eigenvalue weighted by Gasteiger charge is -2.28. The standard InChI is InChI=1S/C16H23NO2/c1-11-4-3-5-13(11)16(17-2)12-6-7-14-15(10-12)19-9-8-18-14/h6-7,10-11,13,16-17H,3-5,8-9H2,1-2H3. The fourth-order valence-electron chi connectivity index (χ4n) is 3.55. The SMILES string of the molecule is CNC(c1ccc2c(c1)OCCO2)C1CCCC1C. The number of ether oxygens (including phenoxy) is 2. The van der Waals surface area contributed by atoms with Gasteiger partial charge in [0, 0.05) is 6.04 Å². The van der Waals surface area contributed by atoms with Gasteiger partial charge in [0.15, 0.2) is 11.5 Å². The van der Waals surface area contributed by atoms with Gasteiger partial charge in [-0.3, -0.25) is 0 Å². The number of nitrogens with one attached hydrogen (secondary N) is 1. The maximum absolute atomic E-state index is 5.70. The van der Waals surface area contributed by atoms with Gasteiger partial charge in [-0.1, -0.05) is 25.8 Å². The molecule has 2 aliphatic rings. The van der Waals surface area contributed by atoms with Crippen molar-refractivity contribution in [2.75, 3.05) is 20.3 Å². The van der Waals surface area contributed by atoms with Gasteiger partial charge in [-0.05, 0) is 43.0 Å². The zero-order valence-electron chi connectivity index (χ0n) is 11.8. The van der Waals surface area contributed by atoms with Crippen molar-refractivity contribution in [2.24, 2.45) is 11.8 Å². The average molecular weight is 261 g/mol. The third-order valence-corrected chi connectivity index (χ3v) is 4.59. The molecule has 1 heterocycles. The summed E-state index contributed by atoms with van der Waals surface area (Å²) in [4.78, 5) is 0. The quantitative estimate of drug-likeness (QED) is 0.906. The molecule has 1 N–H and O–H groups in total. The van der Waals surface area contributed by atoms with Crippen LogP contribution in [0.2, 0.25) is 0 Å². The highest BCUT2D eigenvalue weighted by atomic mass is 16.6. The van der Waals surface area contributed by atoms with Gasteiger partial charge < -0.3 is 14.8 Å². The predicted molar refractivity (Wildman–Crippen MR) is 75.7 cm³/mol. The summed E-state index contributed by atoms with van der Waals surface area (Å²) >= 11 is 0. The molecule has 0 amide bonds. The minimum Gasteiger partial charge on any atom is -0.486 e. The molecule has 0 spiro atoms. The Balaban J connectivity index is 1.86. The van der Waals surface area contributed by atoms with Crippen molar-refractivity contribution in [2.45, 2.75) is 32.2 Å². The van der Waals surface area contributed by atoms with Crippen LogP contribution in [0, 0.1) is 11.8 Å². The minimum absolute atomic E-state index is 0.424. The molecule has 0 radical (unpaired) electrons. The molecule has 0 aromatic heterocycles. The van der Waals surface area contributed by atoms with Crippen molar-refractivity contribution in [3.05, 3.63) is 23.8 Å². The molecule has 1 aromatic carbocycles. The van der Waals surface area contributed by atoms with Gasteiger partial charge in [0.25, 0.3) is 0 Å². The van der Waals surface area contributed by atoms with Crippen molar-refractivity contribution >= 4 is 0 Å². The van der Waals surface area contributed by atoms with E-state index in [2.05, 4.69) is 31.4 Å². The van der Waals surface area contributed by atoms with Gasteiger partial charge in [0.2, 0.25) is 0 Å². The summed E-state index contributed by atoms with van der Waals surface area (Å²) in [6.07, 6.45) is 4.03. The second kappa shape index (κ2) is 5.41. The number of rotatable bonds is 3. The Labute approximate surface area is 115 Å². The van der Waals surface area contributed by atoms with Gasteiger partial charge in [-0.15, -0.1) is 0 Å². The van der Waals surface area contributed by atoms with E-state index in [1.54, 1.807) is 0 Å². The van der Waals surface area contributed by atoms with Gasteiger partial charge >= 0.3 is 0 Å². The summed E-state index contributed by atoms with van der Waals surface area (Å²) in [7, 11) is 2.06. The van der Waals surface area contributed by atoms with E-state index >= 15 is 0 Å². The molecular weight excluding hydrogens is 238 g/mol. The Bertz CT molecular complexity index is 446. The Hall–Kier alpha value is -1.22. The molecule has 0 saturated heterocycles. The summed E-state index contributed by atoms with van der Waals surface area (Å²) in [6, 6.07) is 6.81. The van der Waals surface area contributed by atoms with Crippen molar-refractivity contribution in [3.8, 4) is 11.5 Å². The Morgan fingerprint density at radius 3 is 2.63 bits per heavy atom. The summed E-state index contributed by atoms with van der Waals surface area (Å²) in [5.74, 6) is 3.30. The minimum atomic E-state index is 0.424. The largest absolute Gasteiger partial charge is 0.486 e. The maximum atomic E-state index is 5.70. The second-order valence-corrected chi connectivity index (χ2v) is 5.74. The first-order chi connectivity index (χ1) is 9.29. The molecule has 3 nitrogen and oxygen atoms in total. The normalized spacial score (nSPS) is 27.3. The van der Waals surface area contributed by atoms with Crippen LogP contribution in [-0.2, 0) is 0 Å². The van der Waals surface area contributed by atoms with Crippen molar-refractivity contribution in [1.82, 2.24) is 5.32 Å². The lowest BCUT2D eigenvalue weighted by atomic mass is 9.86. The van der Waals surface area contributed by atoms with E-state index in [4.69, 9.17) is 9.47 Å². The van der Waals surface area contributed by atoms with Crippen molar-refractivity contribution in [1.29, 1.82) is 0 Å². The van der Waals surface area contributed by atoms with Gasteiger partial charge in [-0.25, -0.2) is 0 Å². The summed E-state index contributed by atoms with van der Waals surface area (Å²) in [6.45, 7) is 3.68. The number of fused-ring (bicyclic) bond motifs is 1. The molecule has 3 heteroatoms. The summed E-state index contributed by atoms with van der Waals surface area (Å²) in [5.41, 5.74) is 1.32. The monoisotopic (exact) mass is 261 g/mol. The second-order valence-electron chi connectivity index (χ2n) is 5.74. The van der Waals surface area contributed by atoms with Crippen LogP contribution >= 0.6 is 0 Å². The van der Waals surface area contributed by atoms with E-state index in [-0.39, 0.29) is 0 Å². The first-order valence-electron chi connectivity index (χ1n) is 7.36. The predicted octanol–water partition coefficient (Wildman–Crippen LogP) is 3.15. The molecule has 104 valence electrons. The highest BCUT2D eigenvalue weighted by Gasteiger charge is 2.31. The van der Waals surface area contributed by atoms with Crippen LogP contribution in [0.1, 0.15) is 37.8 Å². The van der Waals surface area contributed by atoms with Crippen molar-refractivity contribution in [3.63, 3.8) is 0 Å². The van der Waals surface area contributed by atoms with E-state index in [1.165, 1.54) is 24.8 Å². The first-order valence-corrected chi connectivity index (χ1v) is 7.36. The average Bonchev–Trinajstić information content (AvgIpc) is 2.86. The van der Waals surface area contributed by atoms with Gasteiger partial charge in [-0.2, -0.15) is 0 Å². The zero-order chi connectivity index (χ0) is 13.2. The van der Waals surface area contributed by atoms with Crippen LogP contribution in [-0.4, -0.2) is 20.3 Å². The van der Waals surface area contributed by atoms with E-state index < -0.39 is 0 Å². The molecule has 1 saturated carbocycles. The van der Waals surface area contributed by atoms with E-state index in [9.17, 15) is 0 Å². The van der Waals surface area contributed by atoms with Crippen LogP contribution in [0.5, 0.6) is 11.5 Å². The summed E-state index contributed by atoms with van der Waals surface area (Å²) in [5, 5.41) is 3.50. The molecule has 3 rings (SSSR count). The van der Waals surface area contributed by atoms with E-state index in [0.717, 1.165) is 23.3 Å². The lowest BCUT2D eigenvalue weighted by molar-refractivity contribution is 0.171. The zero-order valence-corrected chi connectivity index (χ0v) is 11.8. The van der Waals surface area contributed by atoms with Crippen LogP contribution in [0.25, 0.3) is 0 Å².